The number of hydrogen-bond donors (Lipinski definition) is 1. The summed E-state index contributed by atoms with van der Waals surface area (Å²) in [5.74, 6) is 0.351. The minimum absolute atomic E-state index is 0.0632. The summed E-state index contributed by atoms with van der Waals surface area (Å²) in [5, 5.41) is 21.5. The van der Waals surface area contributed by atoms with E-state index in [-0.39, 0.29) is 17.3 Å². The fourth-order valence-electron chi connectivity index (χ4n) is 2.64. The zero-order valence-corrected chi connectivity index (χ0v) is 15.5. The Hall–Kier alpha value is -3.75. The Morgan fingerprint density at radius 2 is 2.00 bits per heavy atom. The van der Waals surface area contributed by atoms with Crippen LogP contribution in [-0.4, -0.2) is 39.0 Å². The third-order valence-electron chi connectivity index (χ3n) is 4.04. The molecule has 3 aromatic rings. The summed E-state index contributed by atoms with van der Waals surface area (Å²) in [7, 11) is 0. The number of carbonyl (C=O) groups excluding carboxylic acids is 1. The SMILES string of the molecule is Cc1cccc(OCCNC(=O)c2nnn(-c3cccc([N+](=O)[O-])c3)c2C)c1. The lowest BCUT2D eigenvalue weighted by Crippen LogP contribution is -2.29. The quantitative estimate of drug-likeness (QED) is 0.382. The molecule has 1 aromatic heterocycles. The van der Waals surface area contributed by atoms with E-state index in [0.717, 1.165) is 11.3 Å². The molecule has 0 bridgehead atoms. The van der Waals surface area contributed by atoms with Crippen LogP contribution in [-0.2, 0) is 0 Å². The average Bonchev–Trinajstić information content (AvgIpc) is 3.07. The van der Waals surface area contributed by atoms with Crippen molar-refractivity contribution in [2.24, 2.45) is 0 Å². The molecule has 3 rings (SSSR count). The number of nitrogens with zero attached hydrogens (tertiary/aromatic N) is 4. The number of nitro benzene ring substituents is 1. The van der Waals surface area contributed by atoms with E-state index in [2.05, 4.69) is 15.6 Å². The number of non-ortho nitro benzene ring substituents is 1. The first-order valence-corrected chi connectivity index (χ1v) is 8.60. The predicted octanol–water partition coefficient (Wildman–Crippen LogP) is 2.60. The maximum atomic E-state index is 12.4. The van der Waals surface area contributed by atoms with Crippen LogP contribution in [0.15, 0.2) is 48.5 Å². The van der Waals surface area contributed by atoms with Crippen molar-refractivity contribution in [3.05, 3.63) is 75.6 Å². The minimum atomic E-state index is -0.488. The monoisotopic (exact) mass is 381 g/mol. The molecule has 0 fully saturated rings. The van der Waals surface area contributed by atoms with Crippen LogP contribution in [0.5, 0.6) is 5.75 Å². The van der Waals surface area contributed by atoms with Crippen LogP contribution >= 0.6 is 0 Å². The van der Waals surface area contributed by atoms with Crippen LogP contribution in [0.3, 0.4) is 0 Å². The van der Waals surface area contributed by atoms with E-state index in [1.165, 1.54) is 16.8 Å². The van der Waals surface area contributed by atoms with E-state index in [4.69, 9.17) is 4.74 Å². The van der Waals surface area contributed by atoms with Gasteiger partial charge in [0.25, 0.3) is 11.6 Å². The summed E-state index contributed by atoms with van der Waals surface area (Å²) in [6.07, 6.45) is 0. The largest absolute Gasteiger partial charge is 0.492 e. The molecule has 0 aliphatic carbocycles. The molecule has 0 unspecified atom stereocenters. The van der Waals surface area contributed by atoms with Gasteiger partial charge in [0, 0.05) is 12.1 Å². The molecule has 2 aromatic carbocycles. The Morgan fingerprint density at radius 1 is 1.21 bits per heavy atom. The van der Waals surface area contributed by atoms with Gasteiger partial charge in [0.15, 0.2) is 5.69 Å². The third-order valence-corrected chi connectivity index (χ3v) is 4.04. The number of nitro groups is 1. The maximum Gasteiger partial charge on any atom is 0.273 e. The maximum absolute atomic E-state index is 12.4. The zero-order chi connectivity index (χ0) is 20.1. The molecule has 1 N–H and O–H groups in total. The highest BCUT2D eigenvalue weighted by Crippen LogP contribution is 2.18. The van der Waals surface area contributed by atoms with Crippen molar-refractivity contribution in [3.63, 3.8) is 0 Å². The van der Waals surface area contributed by atoms with Crippen molar-refractivity contribution in [3.8, 4) is 11.4 Å². The number of aryl methyl sites for hydroxylation is 1. The highest BCUT2D eigenvalue weighted by atomic mass is 16.6. The van der Waals surface area contributed by atoms with E-state index in [1.54, 1.807) is 19.1 Å². The molecule has 9 heteroatoms. The molecular weight excluding hydrogens is 362 g/mol. The van der Waals surface area contributed by atoms with E-state index in [0.29, 0.717) is 24.5 Å². The molecule has 0 aliphatic rings. The molecule has 144 valence electrons. The number of ether oxygens (including phenoxy) is 1. The zero-order valence-electron chi connectivity index (χ0n) is 15.5. The Kier molecular flexibility index (Phi) is 5.64. The van der Waals surface area contributed by atoms with Crippen molar-refractivity contribution < 1.29 is 14.5 Å². The van der Waals surface area contributed by atoms with E-state index in [1.807, 2.05) is 31.2 Å². The second kappa shape index (κ2) is 8.30. The molecule has 0 aliphatic heterocycles. The van der Waals surface area contributed by atoms with E-state index >= 15 is 0 Å². The molecular formula is C19H19N5O4. The molecule has 1 heterocycles. The van der Waals surface area contributed by atoms with Gasteiger partial charge in [-0.2, -0.15) is 0 Å². The number of benzene rings is 2. The number of amides is 1. The van der Waals surface area contributed by atoms with Gasteiger partial charge >= 0.3 is 0 Å². The Bertz CT molecular complexity index is 1020. The van der Waals surface area contributed by atoms with Gasteiger partial charge in [-0.1, -0.05) is 23.4 Å². The molecule has 28 heavy (non-hydrogen) atoms. The first kappa shape index (κ1) is 19.0. The molecule has 9 nitrogen and oxygen atoms in total. The van der Waals surface area contributed by atoms with Gasteiger partial charge < -0.3 is 10.1 Å². The summed E-state index contributed by atoms with van der Waals surface area (Å²) < 4.78 is 6.99. The van der Waals surface area contributed by atoms with Gasteiger partial charge in [-0.3, -0.25) is 14.9 Å². The highest BCUT2D eigenvalue weighted by Gasteiger charge is 2.18. The number of hydrogen-bond acceptors (Lipinski definition) is 6. The summed E-state index contributed by atoms with van der Waals surface area (Å²) in [5.41, 5.74) is 2.13. The molecule has 0 radical (unpaired) electrons. The van der Waals surface area contributed by atoms with Gasteiger partial charge in [0.2, 0.25) is 0 Å². The topological polar surface area (TPSA) is 112 Å². The lowest BCUT2D eigenvalue weighted by Gasteiger charge is -2.08. The Morgan fingerprint density at radius 3 is 2.75 bits per heavy atom. The molecule has 1 amide bonds. The normalized spacial score (nSPS) is 10.5. The van der Waals surface area contributed by atoms with Gasteiger partial charge in [-0.25, -0.2) is 4.68 Å². The van der Waals surface area contributed by atoms with E-state index < -0.39 is 4.92 Å². The highest BCUT2D eigenvalue weighted by molar-refractivity contribution is 5.93. The Balaban J connectivity index is 1.62. The molecule has 0 saturated heterocycles. The summed E-state index contributed by atoms with van der Waals surface area (Å²) in [6, 6.07) is 13.6. The van der Waals surface area contributed by atoms with E-state index in [9.17, 15) is 14.9 Å². The van der Waals surface area contributed by atoms with Crippen molar-refractivity contribution in [1.82, 2.24) is 20.3 Å². The summed E-state index contributed by atoms with van der Waals surface area (Å²) in [6.45, 7) is 4.27. The first-order chi connectivity index (χ1) is 13.5. The summed E-state index contributed by atoms with van der Waals surface area (Å²) >= 11 is 0. The van der Waals surface area contributed by atoms with Crippen LogP contribution in [0.4, 0.5) is 5.69 Å². The second-order valence-corrected chi connectivity index (χ2v) is 6.13. The standard InChI is InChI=1S/C19H19N5O4/c1-13-5-3-8-17(11-13)28-10-9-20-19(25)18-14(2)23(22-21-18)15-6-4-7-16(12-15)24(26)27/h3-8,11-12H,9-10H2,1-2H3,(H,20,25). The van der Waals surface area contributed by atoms with Crippen LogP contribution in [0.25, 0.3) is 5.69 Å². The lowest BCUT2D eigenvalue weighted by atomic mass is 10.2. The average molecular weight is 381 g/mol. The molecule has 0 spiro atoms. The van der Waals surface area contributed by atoms with Crippen molar-refractivity contribution in [2.45, 2.75) is 13.8 Å². The van der Waals surface area contributed by atoms with Gasteiger partial charge in [0.1, 0.15) is 12.4 Å². The lowest BCUT2D eigenvalue weighted by molar-refractivity contribution is -0.384. The van der Waals surface area contributed by atoms with Gasteiger partial charge in [-0.15, -0.1) is 5.10 Å². The van der Waals surface area contributed by atoms with Gasteiger partial charge in [-0.05, 0) is 37.6 Å². The minimum Gasteiger partial charge on any atom is -0.492 e. The number of aromatic nitrogens is 3. The van der Waals surface area contributed by atoms with Crippen LogP contribution in [0, 0.1) is 24.0 Å². The van der Waals surface area contributed by atoms with Crippen molar-refractivity contribution in [1.29, 1.82) is 0 Å². The van der Waals surface area contributed by atoms with Crippen molar-refractivity contribution in [2.75, 3.05) is 13.2 Å². The molecule has 0 saturated carbocycles. The second-order valence-electron chi connectivity index (χ2n) is 6.13. The summed E-state index contributed by atoms with van der Waals surface area (Å²) in [4.78, 5) is 22.8. The number of carbonyl (C=O) groups is 1. The van der Waals surface area contributed by atoms with Crippen LogP contribution in [0.1, 0.15) is 21.7 Å². The number of nitrogens with one attached hydrogen (secondary N) is 1. The van der Waals surface area contributed by atoms with Crippen LogP contribution in [0.2, 0.25) is 0 Å². The predicted molar refractivity (Wildman–Crippen MR) is 102 cm³/mol. The smallest absolute Gasteiger partial charge is 0.273 e. The molecule has 0 atom stereocenters. The van der Waals surface area contributed by atoms with Crippen LogP contribution < -0.4 is 10.1 Å². The fourth-order valence-corrected chi connectivity index (χ4v) is 2.64. The van der Waals surface area contributed by atoms with Gasteiger partial charge in [0.05, 0.1) is 22.8 Å². The number of rotatable bonds is 7. The third kappa shape index (κ3) is 4.32. The van der Waals surface area contributed by atoms with Crippen molar-refractivity contribution >= 4 is 11.6 Å². The fraction of sp³-hybridized carbons (Fsp3) is 0.211. The first-order valence-electron chi connectivity index (χ1n) is 8.60. The Labute approximate surface area is 161 Å².